The van der Waals surface area contributed by atoms with Crippen LogP contribution in [0.1, 0.15) is 18.6 Å². The van der Waals surface area contributed by atoms with Gasteiger partial charge in [-0.3, -0.25) is 0 Å². The molecule has 0 spiro atoms. The number of hydrogen-bond acceptors (Lipinski definition) is 2. The third-order valence-corrected chi connectivity index (χ3v) is 2.57. The number of aliphatic hydroxyl groups excluding tert-OH is 1. The lowest BCUT2D eigenvalue weighted by Crippen LogP contribution is -2.09. The van der Waals surface area contributed by atoms with Crippen molar-refractivity contribution < 1.29 is 5.11 Å². The summed E-state index contributed by atoms with van der Waals surface area (Å²) in [7, 11) is 3.98. The monoisotopic (exact) mass is 243 g/mol. The number of nitrogens with zero attached hydrogens (tertiary/aromatic N) is 1. The van der Waals surface area contributed by atoms with Crippen LogP contribution in [0.3, 0.4) is 0 Å². The van der Waals surface area contributed by atoms with Gasteiger partial charge >= 0.3 is 0 Å². The zero-order valence-corrected chi connectivity index (χ0v) is 9.67. The van der Waals surface area contributed by atoms with Crippen molar-refractivity contribution in [1.82, 2.24) is 0 Å². The van der Waals surface area contributed by atoms with Crippen LogP contribution < -0.4 is 4.90 Å². The molecule has 0 bridgehead atoms. The van der Waals surface area contributed by atoms with Gasteiger partial charge < -0.3 is 10.0 Å². The molecule has 2 nitrogen and oxygen atoms in total. The standard InChI is InChI=1S/C10H14BrNO/c1-7(13)8-4-5-10(12(2)3)9(11)6-8/h4-7,13H,1-3H3/t7-/m1/s1. The SMILES string of the molecule is C[C@@H](O)c1ccc(N(C)C)c(Br)c1. The van der Waals surface area contributed by atoms with E-state index < -0.39 is 6.10 Å². The summed E-state index contributed by atoms with van der Waals surface area (Å²) in [4.78, 5) is 2.02. The van der Waals surface area contributed by atoms with Gasteiger partial charge in [-0.15, -0.1) is 0 Å². The molecule has 1 aromatic rings. The molecular formula is C10H14BrNO. The van der Waals surface area contributed by atoms with Crippen LogP contribution in [0.2, 0.25) is 0 Å². The quantitative estimate of drug-likeness (QED) is 0.864. The number of benzene rings is 1. The fourth-order valence-electron chi connectivity index (χ4n) is 1.15. The summed E-state index contributed by atoms with van der Waals surface area (Å²) in [5.41, 5.74) is 2.04. The molecule has 72 valence electrons. The van der Waals surface area contributed by atoms with Crippen LogP contribution >= 0.6 is 15.9 Å². The number of aliphatic hydroxyl groups is 1. The second kappa shape index (κ2) is 4.11. The Bertz CT molecular complexity index is 297. The predicted octanol–water partition coefficient (Wildman–Crippen LogP) is 2.57. The summed E-state index contributed by atoms with van der Waals surface area (Å²) in [5.74, 6) is 0. The minimum absolute atomic E-state index is 0.410. The van der Waals surface area contributed by atoms with Crippen LogP contribution in [0.25, 0.3) is 0 Å². The number of halogens is 1. The van der Waals surface area contributed by atoms with E-state index in [4.69, 9.17) is 0 Å². The highest BCUT2D eigenvalue weighted by atomic mass is 79.9. The highest BCUT2D eigenvalue weighted by Crippen LogP contribution is 2.27. The third kappa shape index (κ3) is 2.45. The maximum atomic E-state index is 9.34. The second-order valence-electron chi connectivity index (χ2n) is 3.28. The zero-order valence-electron chi connectivity index (χ0n) is 8.08. The van der Waals surface area contributed by atoms with Gasteiger partial charge in [-0.25, -0.2) is 0 Å². The molecule has 0 saturated carbocycles. The molecule has 0 aliphatic rings. The maximum absolute atomic E-state index is 9.34. The van der Waals surface area contributed by atoms with Crippen molar-refractivity contribution in [3.8, 4) is 0 Å². The number of anilines is 1. The molecule has 1 aromatic carbocycles. The van der Waals surface area contributed by atoms with Gasteiger partial charge in [0.05, 0.1) is 11.8 Å². The van der Waals surface area contributed by atoms with E-state index >= 15 is 0 Å². The first-order valence-corrected chi connectivity index (χ1v) is 4.96. The van der Waals surface area contributed by atoms with Crippen LogP contribution in [-0.4, -0.2) is 19.2 Å². The van der Waals surface area contributed by atoms with Crippen LogP contribution in [0.15, 0.2) is 22.7 Å². The summed E-state index contributed by atoms with van der Waals surface area (Å²) in [6.45, 7) is 1.76. The summed E-state index contributed by atoms with van der Waals surface area (Å²) in [6.07, 6.45) is -0.410. The first kappa shape index (κ1) is 10.5. The molecule has 0 aromatic heterocycles. The molecule has 0 fully saturated rings. The molecule has 0 aliphatic heterocycles. The molecular weight excluding hydrogens is 230 g/mol. The van der Waals surface area contributed by atoms with Gasteiger partial charge in [-0.05, 0) is 40.5 Å². The zero-order chi connectivity index (χ0) is 10.0. The molecule has 0 unspecified atom stereocenters. The molecule has 0 heterocycles. The van der Waals surface area contributed by atoms with Crippen molar-refractivity contribution in [3.05, 3.63) is 28.2 Å². The Kier molecular flexibility index (Phi) is 3.33. The molecule has 13 heavy (non-hydrogen) atoms. The average molecular weight is 244 g/mol. The van der Waals surface area contributed by atoms with Gasteiger partial charge in [0.1, 0.15) is 0 Å². The fraction of sp³-hybridized carbons (Fsp3) is 0.400. The Morgan fingerprint density at radius 3 is 2.38 bits per heavy atom. The van der Waals surface area contributed by atoms with Crippen LogP contribution in [0, 0.1) is 0 Å². The molecule has 0 amide bonds. The second-order valence-corrected chi connectivity index (χ2v) is 4.14. The Morgan fingerprint density at radius 2 is 2.00 bits per heavy atom. The predicted molar refractivity (Wildman–Crippen MR) is 59.1 cm³/mol. The average Bonchev–Trinajstić information content (AvgIpc) is 2.03. The Hall–Kier alpha value is -0.540. The van der Waals surface area contributed by atoms with E-state index in [-0.39, 0.29) is 0 Å². The lowest BCUT2D eigenvalue weighted by Gasteiger charge is -2.16. The van der Waals surface area contributed by atoms with E-state index in [2.05, 4.69) is 15.9 Å². The van der Waals surface area contributed by atoms with Gasteiger partial charge in [0, 0.05) is 18.6 Å². The third-order valence-electron chi connectivity index (χ3n) is 1.94. The molecule has 1 rings (SSSR count). The van der Waals surface area contributed by atoms with Crippen LogP contribution in [-0.2, 0) is 0 Å². The summed E-state index contributed by atoms with van der Waals surface area (Å²) in [6, 6.07) is 5.87. The van der Waals surface area contributed by atoms with E-state index in [1.807, 2.05) is 37.2 Å². The van der Waals surface area contributed by atoms with Crippen molar-refractivity contribution in [2.75, 3.05) is 19.0 Å². The minimum Gasteiger partial charge on any atom is -0.389 e. The van der Waals surface area contributed by atoms with Crippen molar-refractivity contribution in [2.24, 2.45) is 0 Å². The molecule has 1 atom stereocenters. The topological polar surface area (TPSA) is 23.5 Å². The summed E-state index contributed by atoms with van der Waals surface area (Å²) in [5, 5.41) is 9.34. The van der Waals surface area contributed by atoms with Crippen molar-refractivity contribution in [3.63, 3.8) is 0 Å². The maximum Gasteiger partial charge on any atom is 0.0762 e. The summed E-state index contributed by atoms with van der Waals surface area (Å²) < 4.78 is 1.01. The Morgan fingerprint density at radius 1 is 1.38 bits per heavy atom. The van der Waals surface area contributed by atoms with Gasteiger partial charge in [-0.1, -0.05) is 6.07 Å². The molecule has 0 saturated heterocycles. The minimum atomic E-state index is -0.410. The smallest absolute Gasteiger partial charge is 0.0762 e. The number of rotatable bonds is 2. The van der Waals surface area contributed by atoms with Crippen molar-refractivity contribution in [2.45, 2.75) is 13.0 Å². The normalized spacial score (nSPS) is 12.7. The van der Waals surface area contributed by atoms with Crippen molar-refractivity contribution in [1.29, 1.82) is 0 Å². The highest BCUT2D eigenvalue weighted by Gasteiger charge is 2.05. The van der Waals surface area contributed by atoms with Crippen LogP contribution in [0.5, 0.6) is 0 Å². The van der Waals surface area contributed by atoms with Gasteiger partial charge in [0.2, 0.25) is 0 Å². The van der Waals surface area contributed by atoms with Gasteiger partial charge in [0.15, 0.2) is 0 Å². The number of hydrogen-bond donors (Lipinski definition) is 1. The molecule has 3 heteroatoms. The van der Waals surface area contributed by atoms with E-state index in [1.54, 1.807) is 6.92 Å². The first-order valence-electron chi connectivity index (χ1n) is 4.17. The van der Waals surface area contributed by atoms with Gasteiger partial charge in [0.25, 0.3) is 0 Å². The van der Waals surface area contributed by atoms with E-state index in [9.17, 15) is 5.11 Å². The van der Waals surface area contributed by atoms with E-state index in [1.165, 1.54) is 0 Å². The largest absolute Gasteiger partial charge is 0.389 e. The lowest BCUT2D eigenvalue weighted by molar-refractivity contribution is 0.199. The van der Waals surface area contributed by atoms with E-state index in [0.717, 1.165) is 15.7 Å². The highest BCUT2D eigenvalue weighted by molar-refractivity contribution is 9.10. The van der Waals surface area contributed by atoms with Crippen LogP contribution in [0.4, 0.5) is 5.69 Å². The van der Waals surface area contributed by atoms with Crippen molar-refractivity contribution >= 4 is 21.6 Å². The Labute approximate surface area is 87.3 Å². The lowest BCUT2D eigenvalue weighted by atomic mass is 10.1. The Balaban J connectivity index is 3.06. The molecule has 1 N–H and O–H groups in total. The summed E-state index contributed by atoms with van der Waals surface area (Å²) >= 11 is 3.46. The first-order chi connectivity index (χ1) is 6.02. The molecule has 0 aliphatic carbocycles. The fourth-order valence-corrected chi connectivity index (χ4v) is 1.90. The molecule has 0 radical (unpaired) electrons. The van der Waals surface area contributed by atoms with E-state index in [0.29, 0.717) is 0 Å². The van der Waals surface area contributed by atoms with Gasteiger partial charge in [-0.2, -0.15) is 0 Å².